The second-order valence-electron chi connectivity index (χ2n) is 5.00. The summed E-state index contributed by atoms with van der Waals surface area (Å²) in [7, 11) is 1.97. The molecule has 22 heavy (non-hydrogen) atoms. The lowest BCUT2D eigenvalue weighted by Gasteiger charge is -2.12. The Morgan fingerprint density at radius 3 is 2.95 bits per heavy atom. The van der Waals surface area contributed by atoms with Crippen LogP contribution in [0.25, 0.3) is 0 Å². The largest absolute Gasteiger partial charge is 0.477 e. The van der Waals surface area contributed by atoms with Gasteiger partial charge in [0.1, 0.15) is 0 Å². The summed E-state index contributed by atoms with van der Waals surface area (Å²) in [5, 5.41) is 9.38. The van der Waals surface area contributed by atoms with Crippen LogP contribution in [0.3, 0.4) is 0 Å². The number of aliphatic hydroxyl groups is 1. The molecule has 0 saturated heterocycles. The Morgan fingerprint density at radius 1 is 1.59 bits per heavy atom. The van der Waals surface area contributed by atoms with E-state index in [9.17, 15) is 5.11 Å². The van der Waals surface area contributed by atoms with Crippen LogP contribution in [0.15, 0.2) is 15.5 Å². The summed E-state index contributed by atoms with van der Waals surface area (Å²) in [4.78, 5) is 10.8. The fourth-order valence-corrected chi connectivity index (χ4v) is 2.16. The second kappa shape index (κ2) is 10.0. The molecule has 7 heteroatoms. The topological polar surface area (TPSA) is 58.0 Å². The van der Waals surface area contributed by atoms with E-state index in [0.717, 1.165) is 28.8 Å². The molecule has 5 nitrogen and oxygen atoms in total. The second-order valence-corrected chi connectivity index (χ2v) is 6.16. The highest BCUT2D eigenvalue weighted by Gasteiger charge is 2.09. The third kappa shape index (κ3) is 6.50. The molecule has 0 aliphatic heterocycles. The van der Waals surface area contributed by atoms with Crippen LogP contribution >= 0.6 is 27.5 Å². The van der Waals surface area contributed by atoms with Gasteiger partial charge in [0.15, 0.2) is 0 Å². The van der Waals surface area contributed by atoms with E-state index in [2.05, 4.69) is 32.8 Å². The highest BCUT2D eigenvalue weighted by molar-refractivity contribution is 9.10. The number of alkyl halides is 1. The summed E-state index contributed by atoms with van der Waals surface area (Å²) < 4.78 is 6.41. The molecule has 124 valence electrons. The molecule has 0 aliphatic rings. The average Bonchev–Trinajstić information content (AvgIpc) is 2.52. The quantitative estimate of drug-likeness (QED) is 0.302. The van der Waals surface area contributed by atoms with Crippen molar-refractivity contribution in [3.8, 4) is 5.88 Å². The first-order chi connectivity index (χ1) is 10.5. The van der Waals surface area contributed by atoms with Crippen LogP contribution in [0.1, 0.15) is 25.5 Å². The minimum atomic E-state index is -0.476. The van der Waals surface area contributed by atoms with Crippen LogP contribution in [-0.4, -0.2) is 53.5 Å². The zero-order chi connectivity index (χ0) is 16.5. The van der Waals surface area contributed by atoms with Crippen LogP contribution in [0, 0.1) is 6.92 Å². The fraction of sp³-hybridized carbons (Fsp3) is 0.600. The summed E-state index contributed by atoms with van der Waals surface area (Å²) in [6.45, 7) is 5.34. The molecule has 0 bridgehead atoms. The van der Waals surface area contributed by atoms with Gasteiger partial charge in [-0.25, -0.2) is 9.98 Å². The van der Waals surface area contributed by atoms with Gasteiger partial charge in [0.2, 0.25) is 5.88 Å². The zero-order valence-electron chi connectivity index (χ0n) is 13.2. The summed E-state index contributed by atoms with van der Waals surface area (Å²) in [5.74, 6) is 0.792. The Bertz CT molecular complexity index is 500. The van der Waals surface area contributed by atoms with Gasteiger partial charge in [-0.1, -0.05) is 0 Å². The summed E-state index contributed by atoms with van der Waals surface area (Å²) in [6.07, 6.45) is 2.65. The maximum atomic E-state index is 9.38. The minimum Gasteiger partial charge on any atom is -0.477 e. The molecular weight excluding hydrogens is 370 g/mol. The lowest BCUT2D eigenvalue weighted by atomic mass is 10.2. The lowest BCUT2D eigenvalue weighted by molar-refractivity contribution is 0.172. The van der Waals surface area contributed by atoms with E-state index in [1.165, 1.54) is 0 Å². The van der Waals surface area contributed by atoms with Crippen molar-refractivity contribution < 1.29 is 9.84 Å². The van der Waals surface area contributed by atoms with Crippen LogP contribution in [0.2, 0.25) is 0 Å². The summed E-state index contributed by atoms with van der Waals surface area (Å²) in [6, 6.07) is 1.89. The number of hydrogen-bond donors (Lipinski definition) is 1. The Morgan fingerprint density at radius 2 is 2.32 bits per heavy atom. The van der Waals surface area contributed by atoms with E-state index >= 15 is 0 Å². The number of hydrogen-bond acceptors (Lipinski definition) is 4. The fourth-order valence-electron chi connectivity index (χ4n) is 1.59. The van der Waals surface area contributed by atoms with Gasteiger partial charge in [0, 0.05) is 19.5 Å². The smallest absolute Gasteiger partial charge is 0.228 e. The van der Waals surface area contributed by atoms with Gasteiger partial charge in [-0.3, -0.25) is 0 Å². The molecule has 0 aliphatic carbocycles. The molecule has 0 aromatic carbocycles. The third-order valence-electron chi connectivity index (χ3n) is 3.10. The van der Waals surface area contributed by atoms with Crippen molar-refractivity contribution in [1.82, 2.24) is 9.88 Å². The van der Waals surface area contributed by atoms with Gasteiger partial charge in [0.05, 0.1) is 34.9 Å². The molecule has 0 radical (unpaired) electrons. The molecule has 1 atom stereocenters. The Balaban J connectivity index is 2.63. The molecule has 0 fully saturated rings. The number of aromatic nitrogens is 1. The van der Waals surface area contributed by atoms with Gasteiger partial charge in [-0.2, -0.15) is 0 Å². The molecule has 0 spiro atoms. The van der Waals surface area contributed by atoms with Gasteiger partial charge in [0.25, 0.3) is 0 Å². The predicted octanol–water partition coefficient (Wildman–Crippen LogP) is 3.52. The maximum absolute atomic E-state index is 9.38. The van der Waals surface area contributed by atoms with E-state index in [1.807, 2.05) is 24.9 Å². The number of ether oxygens (including phenoxy) is 1. The average molecular weight is 393 g/mol. The molecule has 0 saturated carbocycles. The van der Waals surface area contributed by atoms with Crippen molar-refractivity contribution in [1.29, 1.82) is 0 Å². The Hall–Kier alpha value is -0.850. The van der Waals surface area contributed by atoms with E-state index < -0.39 is 6.10 Å². The standard InChI is InChI=1S/C15H23BrClN3O2/c1-4-20(3)10-18-14-8-13(16)15(19-11(14)2)22-7-5-6-12(21)9-17/h8,10,12,21H,4-7,9H2,1-3H3/b18-10+. The van der Waals surface area contributed by atoms with Crippen molar-refractivity contribution >= 4 is 39.6 Å². The van der Waals surface area contributed by atoms with Crippen molar-refractivity contribution in [2.75, 3.05) is 26.1 Å². The van der Waals surface area contributed by atoms with Crippen LogP contribution in [0.4, 0.5) is 5.69 Å². The normalized spacial score (nSPS) is 12.6. The molecule has 0 amide bonds. The van der Waals surface area contributed by atoms with Crippen LogP contribution in [0.5, 0.6) is 5.88 Å². The van der Waals surface area contributed by atoms with E-state index in [1.54, 1.807) is 6.34 Å². The molecule has 1 rings (SSSR count). The van der Waals surface area contributed by atoms with Crippen molar-refractivity contribution in [2.45, 2.75) is 32.8 Å². The van der Waals surface area contributed by atoms with Crippen molar-refractivity contribution in [3.05, 3.63) is 16.2 Å². The van der Waals surface area contributed by atoms with Crippen molar-refractivity contribution in [2.24, 2.45) is 4.99 Å². The highest BCUT2D eigenvalue weighted by Crippen LogP contribution is 2.29. The first-order valence-corrected chi connectivity index (χ1v) is 8.59. The molecule has 1 heterocycles. The molecule has 1 unspecified atom stereocenters. The molecule has 1 aromatic rings. The first-order valence-electron chi connectivity index (χ1n) is 7.26. The molecular formula is C15H23BrClN3O2. The van der Waals surface area contributed by atoms with Crippen LogP contribution < -0.4 is 4.74 Å². The number of aryl methyl sites for hydroxylation is 1. The Kier molecular flexibility index (Phi) is 8.75. The van der Waals surface area contributed by atoms with Gasteiger partial charge >= 0.3 is 0 Å². The first kappa shape index (κ1) is 19.2. The SMILES string of the molecule is CCN(C)/C=N/c1cc(Br)c(OCCCC(O)CCl)nc1C. The Labute approximate surface area is 145 Å². The number of aliphatic imine (C=N–C) groups is 1. The summed E-state index contributed by atoms with van der Waals surface area (Å²) in [5.41, 5.74) is 1.61. The number of halogens is 2. The van der Waals surface area contributed by atoms with Crippen LogP contribution in [-0.2, 0) is 0 Å². The number of aliphatic hydroxyl groups excluding tert-OH is 1. The van der Waals surface area contributed by atoms with Gasteiger partial charge < -0.3 is 14.7 Å². The van der Waals surface area contributed by atoms with Gasteiger partial charge in [-0.05, 0) is 48.7 Å². The van der Waals surface area contributed by atoms with Gasteiger partial charge in [-0.15, -0.1) is 11.6 Å². The van der Waals surface area contributed by atoms with E-state index in [4.69, 9.17) is 16.3 Å². The molecule has 1 aromatic heterocycles. The minimum absolute atomic E-state index is 0.250. The lowest BCUT2D eigenvalue weighted by Crippen LogP contribution is -2.14. The zero-order valence-corrected chi connectivity index (χ0v) is 15.6. The van der Waals surface area contributed by atoms with Crippen molar-refractivity contribution in [3.63, 3.8) is 0 Å². The molecule has 1 N–H and O–H groups in total. The number of pyridine rings is 1. The maximum Gasteiger partial charge on any atom is 0.228 e. The monoisotopic (exact) mass is 391 g/mol. The third-order valence-corrected chi connectivity index (χ3v) is 4.02. The number of rotatable bonds is 9. The van der Waals surface area contributed by atoms with E-state index in [-0.39, 0.29) is 5.88 Å². The number of nitrogens with zero attached hydrogens (tertiary/aromatic N) is 3. The summed E-state index contributed by atoms with van der Waals surface area (Å²) >= 11 is 9.00. The highest BCUT2D eigenvalue weighted by atomic mass is 79.9. The predicted molar refractivity (Wildman–Crippen MR) is 94.6 cm³/mol. The van der Waals surface area contributed by atoms with E-state index in [0.29, 0.717) is 18.9 Å².